The number of benzene rings is 1. The molecule has 2 unspecified atom stereocenters. The zero-order valence-electron chi connectivity index (χ0n) is 12.2. The summed E-state index contributed by atoms with van der Waals surface area (Å²) in [4.78, 5) is 2.51. The second kappa shape index (κ2) is 6.51. The highest BCUT2D eigenvalue weighted by molar-refractivity contribution is 5.15. The van der Waals surface area contributed by atoms with E-state index in [4.69, 9.17) is 5.73 Å². The van der Waals surface area contributed by atoms with Gasteiger partial charge in [-0.3, -0.25) is 4.90 Å². The first-order chi connectivity index (χ1) is 9.17. The normalized spacial score (nSPS) is 25.6. The summed E-state index contributed by atoms with van der Waals surface area (Å²) in [5.41, 5.74) is 7.54. The SMILES string of the molecule is CCC(C)NC1(CN)CCN(Cc2ccccc2)C1. The molecule has 106 valence electrons. The minimum atomic E-state index is 0.115. The van der Waals surface area contributed by atoms with Crippen molar-refractivity contribution in [2.75, 3.05) is 19.6 Å². The van der Waals surface area contributed by atoms with Crippen molar-refractivity contribution < 1.29 is 0 Å². The van der Waals surface area contributed by atoms with E-state index in [9.17, 15) is 0 Å². The second-order valence-corrected chi connectivity index (χ2v) is 5.88. The Balaban J connectivity index is 1.94. The van der Waals surface area contributed by atoms with Crippen molar-refractivity contribution in [3.8, 4) is 0 Å². The molecule has 0 spiro atoms. The van der Waals surface area contributed by atoms with Gasteiger partial charge in [0.1, 0.15) is 0 Å². The van der Waals surface area contributed by atoms with E-state index >= 15 is 0 Å². The topological polar surface area (TPSA) is 41.3 Å². The number of rotatable bonds is 6. The Kier molecular flexibility index (Phi) is 4.97. The van der Waals surface area contributed by atoms with Crippen LogP contribution in [0.1, 0.15) is 32.3 Å². The van der Waals surface area contributed by atoms with Crippen molar-refractivity contribution in [1.82, 2.24) is 10.2 Å². The molecule has 0 aliphatic carbocycles. The van der Waals surface area contributed by atoms with E-state index in [0.29, 0.717) is 6.04 Å². The maximum atomic E-state index is 6.04. The Labute approximate surface area is 117 Å². The fourth-order valence-electron chi connectivity index (χ4n) is 2.90. The van der Waals surface area contributed by atoms with Gasteiger partial charge >= 0.3 is 0 Å². The quantitative estimate of drug-likeness (QED) is 0.823. The first-order valence-corrected chi connectivity index (χ1v) is 7.41. The van der Waals surface area contributed by atoms with Crippen LogP contribution in [-0.2, 0) is 6.54 Å². The largest absolute Gasteiger partial charge is 0.329 e. The van der Waals surface area contributed by atoms with Crippen LogP contribution in [0.5, 0.6) is 0 Å². The molecule has 0 amide bonds. The lowest BCUT2D eigenvalue weighted by molar-refractivity contribution is 0.260. The molecule has 2 rings (SSSR count). The molecule has 0 aromatic heterocycles. The van der Waals surface area contributed by atoms with Crippen LogP contribution in [-0.4, -0.2) is 36.1 Å². The molecule has 3 N–H and O–H groups in total. The summed E-state index contributed by atoms with van der Waals surface area (Å²) in [5, 5.41) is 3.74. The summed E-state index contributed by atoms with van der Waals surface area (Å²) in [6.07, 6.45) is 2.31. The molecule has 1 aromatic carbocycles. The highest BCUT2D eigenvalue weighted by Gasteiger charge is 2.37. The molecule has 1 aliphatic rings. The van der Waals surface area contributed by atoms with Crippen LogP contribution in [0.15, 0.2) is 30.3 Å². The highest BCUT2D eigenvalue weighted by Crippen LogP contribution is 2.23. The third kappa shape index (κ3) is 3.78. The molecule has 1 aromatic rings. The smallest absolute Gasteiger partial charge is 0.0446 e. The number of nitrogens with one attached hydrogen (secondary N) is 1. The van der Waals surface area contributed by atoms with Gasteiger partial charge in [-0.2, -0.15) is 0 Å². The third-order valence-corrected chi connectivity index (χ3v) is 4.24. The van der Waals surface area contributed by atoms with Crippen molar-refractivity contribution >= 4 is 0 Å². The molecule has 1 saturated heterocycles. The Hall–Kier alpha value is -0.900. The first kappa shape index (κ1) is 14.5. The van der Waals surface area contributed by atoms with Crippen LogP contribution in [0.4, 0.5) is 0 Å². The molecule has 0 radical (unpaired) electrons. The second-order valence-electron chi connectivity index (χ2n) is 5.88. The predicted molar refractivity (Wildman–Crippen MR) is 81.0 cm³/mol. The minimum absolute atomic E-state index is 0.115. The maximum absolute atomic E-state index is 6.04. The van der Waals surface area contributed by atoms with Crippen molar-refractivity contribution in [3.05, 3.63) is 35.9 Å². The number of nitrogens with two attached hydrogens (primary N) is 1. The third-order valence-electron chi connectivity index (χ3n) is 4.24. The Morgan fingerprint density at radius 1 is 1.37 bits per heavy atom. The number of hydrogen-bond donors (Lipinski definition) is 2. The summed E-state index contributed by atoms with van der Waals surface area (Å²) in [6.45, 7) is 8.42. The van der Waals surface area contributed by atoms with Crippen molar-refractivity contribution in [2.24, 2.45) is 5.73 Å². The van der Waals surface area contributed by atoms with Gasteiger partial charge in [-0.1, -0.05) is 37.3 Å². The summed E-state index contributed by atoms with van der Waals surface area (Å²) < 4.78 is 0. The number of nitrogens with zero attached hydrogens (tertiary/aromatic N) is 1. The van der Waals surface area contributed by atoms with E-state index in [1.54, 1.807) is 0 Å². The Morgan fingerprint density at radius 2 is 2.11 bits per heavy atom. The molecule has 1 heterocycles. The maximum Gasteiger partial charge on any atom is 0.0446 e. The molecule has 19 heavy (non-hydrogen) atoms. The monoisotopic (exact) mass is 261 g/mol. The van der Waals surface area contributed by atoms with Gasteiger partial charge in [0.2, 0.25) is 0 Å². The van der Waals surface area contributed by atoms with Crippen LogP contribution >= 0.6 is 0 Å². The predicted octanol–water partition coefficient (Wildman–Crippen LogP) is 1.98. The summed E-state index contributed by atoms with van der Waals surface area (Å²) in [6, 6.07) is 11.2. The lowest BCUT2D eigenvalue weighted by atomic mass is 9.97. The summed E-state index contributed by atoms with van der Waals surface area (Å²) in [7, 11) is 0. The first-order valence-electron chi connectivity index (χ1n) is 7.41. The fraction of sp³-hybridized carbons (Fsp3) is 0.625. The summed E-state index contributed by atoms with van der Waals surface area (Å²) in [5.74, 6) is 0. The van der Waals surface area contributed by atoms with E-state index in [-0.39, 0.29) is 5.54 Å². The van der Waals surface area contributed by atoms with Gasteiger partial charge in [0, 0.05) is 37.8 Å². The van der Waals surface area contributed by atoms with Crippen molar-refractivity contribution in [2.45, 2.75) is 44.8 Å². The van der Waals surface area contributed by atoms with Gasteiger partial charge in [-0.15, -0.1) is 0 Å². The van der Waals surface area contributed by atoms with Crippen LogP contribution < -0.4 is 11.1 Å². The van der Waals surface area contributed by atoms with Crippen molar-refractivity contribution in [1.29, 1.82) is 0 Å². The molecular weight excluding hydrogens is 234 g/mol. The Morgan fingerprint density at radius 3 is 2.74 bits per heavy atom. The number of hydrogen-bond acceptors (Lipinski definition) is 3. The van der Waals surface area contributed by atoms with Crippen LogP contribution in [0.3, 0.4) is 0 Å². The fourth-order valence-corrected chi connectivity index (χ4v) is 2.90. The van der Waals surface area contributed by atoms with Gasteiger partial charge in [0.15, 0.2) is 0 Å². The minimum Gasteiger partial charge on any atom is -0.329 e. The van der Waals surface area contributed by atoms with E-state index in [1.807, 2.05) is 0 Å². The van der Waals surface area contributed by atoms with Crippen LogP contribution in [0, 0.1) is 0 Å². The van der Waals surface area contributed by atoms with Crippen molar-refractivity contribution in [3.63, 3.8) is 0 Å². The highest BCUT2D eigenvalue weighted by atomic mass is 15.2. The van der Waals surface area contributed by atoms with E-state index in [1.165, 1.54) is 5.56 Å². The molecule has 2 atom stereocenters. The molecule has 3 nitrogen and oxygen atoms in total. The van der Waals surface area contributed by atoms with Gasteiger partial charge in [-0.05, 0) is 25.3 Å². The van der Waals surface area contributed by atoms with Gasteiger partial charge in [-0.25, -0.2) is 0 Å². The van der Waals surface area contributed by atoms with E-state index in [2.05, 4.69) is 54.4 Å². The van der Waals surface area contributed by atoms with Gasteiger partial charge in [0.05, 0.1) is 0 Å². The van der Waals surface area contributed by atoms with Crippen LogP contribution in [0.2, 0.25) is 0 Å². The molecule has 1 fully saturated rings. The number of likely N-dealkylation sites (tertiary alicyclic amines) is 1. The van der Waals surface area contributed by atoms with E-state index in [0.717, 1.165) is 39.0 Å². The zero-order valence-corrected chi connectivity index (χ0v) is 12.2. The molecular formula is C16H27N3. The van der Waals surface area contributed by atoms with Gasteiger partial charge < -0.3 is 11.1 Å². The Bertz CT molecular complexity index is 379. The van der Waals surface area contributed by atoms with Crippen LogP contribution in [0.25, 0.3) is 0 Å². The average Bonchev–Trinajstić information content (AvgIpc) is 2.83. The lowest BCUT2D eigenvalue weighted by Crippen LogP contribution is -2.56. The zero-order chi connectivity index (χ0) is 13.7. The lowest BCUT2D eigenvalue weighted by Gasteiger charge is -2.32. The van der Waals surface area contributed by atoms with Gasteiger partial charge in [0.25, 0.3) is 0 Å². The summed E-state index contributed by atoms with van der Waals surface area (Å²) >= 11 is 0. The molecule has 3 heteroatoms. The van der Waals surface area contributed by atoms with E-state index < -0.39 is 0 Å². The molecule has 0 saturated carbocycles. The molecule has 1 aliphatic heterocycles. The molecule has 0 bridgehead atoms. The standard InChI is InChI=1S/C16H27N3/c1-3-14(2)18-16(12-17)9-10-19(13-16)11-15-7-5-4-6-8-15/h4-8,14,18H,3,9-13,17H2,1-2H3. The average molecular weight is 261 g/mol.